The minimum atomic E-state index is -1.20. The second-order valence-corrected chi connectivity index (χ2v) is 17.7. The molecule has 394 valence electrons. The van der Waals surface area contributed by atoms with Crippen molar-refractivity contribution in [3.05, 3.63) is 111 Å². The summed E-state index contributed by atoms with van der Waals surface area (Å²) in [6.45, 7) is 22.4. The summed E-state index contributed by atoms with van der Waals surface area (Å²) in [5, 5.41) is 19.8. The Morgan fingerprint density at radius 2 is 0.392 bits per heavy atom. The van der Waals surface area contributed by atoms with Gasteiger partial charge < -0.3 is 57.6 Å². The van der Waals surface area contributed by atoms with Crippen LogP contribution in [0.15, 0.2) is 0 Å². The van der Waals surface area contributed by atoms with Crippen molar-refractivity contribution in [1.29, 1.82) is 0 Å². The third kappa shape index (κ3) is 9.35. The Morgan fingerprint density at radius 1 is 0.230 bits per heavy atom. The van der Waals surface area contributed by atoms with Gasteiger partial charge in [0.15, 0.2) is 0 Å². The molecule has 18 nitrogen and oxygen atoms in total. The van der Waals surface area contributed by atoms with Crippen LogP contribution in [0.2, 0.25) is 0 Å². The van der Waals surface area contributed by atoms with Gasteiger partial charge in [-0.25, -0.2) is 28.8 Å². The lowest BCUT2D eigenvalue weighted by Gasteiger charge is -2.24. The number of carbonyl (C=O) groups is 6. The van der Waals surface area contributed by atoms with Crippen LogP contribution >= 0.6 is 0 Å². The summed E-state index contributed by atoms with van der Waals surface area (Å²) in [7, 11) is 8.02. The van der Waals surface area contributed by atoms with Gasteiger partial charge in [0.25, 0.3) is 0 Å². The monoisotopic (exact) mass is 1020 g/mol. The molecule has 0 aliphatic carbocycles. The number of methoxy groups -OCH3 is 6. The van der Waals surface area contributed by atoms with Crippen LogP contribution in [0.1, 0.15) is 140 Å². The molecule has 0 amide bonds. The molecule has 0 saturated carbocycles. The van der Waals surface area contributed by atoms with E-state index in [9.17, 15) is 39.0 Å². The van der Waals surface area contributed by atoms with Gasteiger partial charge in [0.1, 0.15) is 90.9 Å². The van der Waals surface area contributed by atoms with Gasteiger partial charge in [-0.3, -0.25) is 0 Å². The third-order valence-corrected chi connectivity index (χ3v) is 13.9. The molecule has 5 aromatic carbocycles. The van der Waals surface area contributed by atoms with Gasteiger partial charge in [-0.1, -0.05) is 0 Å². The van der Waals surface area contributed by atoms with Crippen LogP contribution in [-0.2, 0) is 0 Å². The maximum atomic E-state index is 14.7. The molecular formula is C56H62O18. The first kappa shape index (κ1) is 56.6. The van der Waals surface area contributed by atoms with Gasteiger partial charge in [-0.2, -0.15) is 0 Å². The Bertz CT molecular complexity index is 3040. The fourth-order valence-electron chi connectivity index (χ4n) is 9.56. The highest BCUT2D eigenvalue weighted by atomic mass is 16.6. The molecule has 0 atom stereocenters. The number of benzene rings is 5. The lowest BCUT2D eigenvalue weighted by atomic mass is 9.94. The van der Waals surface area contributed by atoms with E-state index in [4.69, 9.17) is 47.4 Å². The van der Waals surface area contributed by atoms with Crippen LogP contribution in [0.3, 0.4) is 0 Å². The van der Waals surface area contributed by atoms with Crippen molar-refractivity contribution in [3.63, 3.8) is 0 Å². The zero-order valence-corrected chi connectivity index (χ0v) is 45.4. The predicted octanol–water partition coefficient (Wildman–Crippen LogP) is 10.3. The summed E-state index contributed by atoms with van der Waals surface area (Å²) in [6, 6.07) is 0. The summed E-state index contributed by atoms with van der Waals surface area (Å²) < 4.78 is 58.3. The Hall–Kier alpha value is -8.28. The van der Waals surface area contributed by atoms with Crippen molar-refractivity contribution < 1.29 is 86.3 Å². The maximum Gasteiger partial charge on any atom is 0.347 e. The van der Waals surface area contributed by atoms with E-state index >= 15 is 0 Å². The standard InChI is InChI=1S/C56H62O18/c1-21-25(5)41(30(10)45(65-15)35(21)51(57)58)71-53(61)37-23(3)27(7)43(32(12)47(37)67-17)73-55(63)39-29(9)40(50(70-20)34(14)49(39)69-19)56(64)74-44-28(8)24(4)38(48(68-18)33(44)13)54(62)72-42-26(6)22(2)36(52(59)60)46(66-16)31(42)11/h1-20H3,(H,57,58)(H,59,60). The van der Waals surface area contributed by atoms with Gasteiger partial charge >= 0.3 is 35.8 Å². The molecule has 0 unspecified atom stereocenters. The van der Waals surface area contributed by atoms with Crippen LogP contribution in [-0.4, -0.2) is 88.7 Å². The number of rotatable bonds is 16. The Balaban J connectivity index is 1.58. The molecule has 0 heterocycles. The quantitative estimate of drug-likeness (QED) is 0.0690. The average molecular weight is 1020 g/mol. The number of esters is 4. The molecule has 18 heteroatoms. The molecular weight excluding hydrogens is 961 g/mol. The van der Waals surface area contributed by atoms with Crippen molar-refractivity contribution in [2.75, 3.05) is 42.7 Å². The summed E-state index contributed by atoms with van der Waals surface area (Å²) in [6.07, 6.45) is 0. The summed E-state index contributed by atoms with van der Waals surface area (Å²) >= 11 is 0. The van der Waals surface area contributed by atoms with Gasteiger partial charge in [-0.05, 0) is 147 Å². The number of hydrogen-bond donors (Lipinski definition) is 2. The molecule has 0 fully saturated rings. The van der Waals surface area contributed by atoms with Crippen LogP contribution in [0, 0.1) is 96.9 Å². The van der Waals surface area contributed by atoms with Gasteiger partial charge in [0.2, 0.25) is 0 Å². The lowest BCUT2D eigenvalue weighted by Crippen LogP contribution is -2.22. The van der Waals surface area contributed by atoms with E-state index in [2.05, 4.69) is 0 Å². The molecule has 0 aromatic heterocycles. The SMILES string of the molecule is COc1c(C)c(OC(=O)c2c(C)c(C)c(OC(=O)c3c(C)c(C(=O)Oc4c(C)c(C)c(C(=O)Oc5c(C)c(C)c(C(=O)O)c(OC)c5C)c(OC)c4C)c(OC)c(C)c3OC)c(C)c2OC)c(C)c(C)c1C(=O)O. The Morgan fingerprint density at radius 3 is 0.581 bits per heavy atom. The minimum absolute atomic E-state index is 0.0229. The zero-order chi connectivity index (χ0) is 55.9. The van der Waals surface area contributed by atoms with E-state index in [0.29, 0.717) is 55.6 Å². The largest absolute Gasteiger partial charge is 0.495 e. The minimum Gasteiger partial charge on any atom is -0.495 e. The van der Waals surface area contributed by atoms with Crippen LogP contribution < -0.4 is 47.4 Å². The van der Waals surface area contributed by atoms with Crippen molar-refractivity contribution in [1.82, 2.24) is 0 Å². The van der Waals surface area contributed by atoms with E-state index in [-0.39, 0.29) is 113 Å². The summed E-state index contributed by atoms with van der Waals surface area (Å²) in [5.41, 5.74) is 3.97. The van der Waals surface area contributed by atoms with Gasteiger partial charge in [0.05, 0.1) is 42.7 Å². The van der Waals surface area contributed by atoms with Crippen molar-refractivity contribution in [2.45, 2.75) is 96.9 Å². The number of carboxylic acid groups (broad SMARTS) is 2. The number of carbonyl (C=O) groups excluding carboxylic acids is 4. The van der Waals surface area contributed by atoms with Crippen LogP contribution in [0.5, 0.6) is 57.5 Å². The molecule has 0 radical (unpaired) electrons. The van der Waals surface area contributed by atoms with E-state index in [1.165, 1.54) is 49.6 Å². The molecule has 0 saturated heterocycles. The second-order valence-electron chi connectivity index (χ2n) is 17.7. The Labute approximate surface area is 429 Å². The first-order chi connectivity index (χ1) is 34.7. The fourth-order valence-corrected chi connectivity index (χ4v) is 9.56. The van der Waals surface area contributed by atoms with Crippen LogP contribution in [0.4, 0.5) is 0 Å². The highest BCUT2D eigenvalue weighted by molar-refractivity contribution is 6.06. The highest BCUT2D eigenvalue weighted by Gasteiger charge is 2.36. The van der Waals surface area contributed by atoms with Gasteiger partial charge in [0, 0.05) is 27.8 Å². The number of ether oxygens (including phenoxy) is 10. The number of hydrogen-bond acceptors (Lipinski definition) is 16. The lowest BCUT2D eigenvalue weighted by molar-refractivity contribution is 0.0679. The number of aromatic carboxylic acids is 2. The maximum absolute atomic E-state index is 14.7. The fraction of sp³-hybridized carbons (Fsp3) is 0.357. The molecule has 0 aliphatic heterocycles. The van der Waals surface area contributed by atoms with Gasteiger partial charge in [-0.15, -0.1) is 0 Å². The van der Waals surface area contributed by atoms with E-state index in [0.717, 1.165) is 0 Å². The van der Waals surface area contributed by atoms with E-state index in [1.54, 1.807) is 90.0 Å². The second kappa shape index (κ2) is 21.8. The average Bonchev–Trinajstić information content (AvgIpc) is 3.35. The molecule has 0 bridgehead atoms. The Kier molecular flexibility index (Phi) is 16.7. The van der Waals surface area contributed by atoms with Crippen LogP contribution in [0.25, 0.3) is 0 Å². The van der Waals surface area contributed by atoms with Crippen molar-refractivity contribution >= 4 is 35.8 Å². The summed E-state index contributed by atoms with van der Waals surface area (Å²) in [5.74, 6) is -5.44. The van der Waals surface area contributed by atoms with E-state index < -0.39 is 35.8 Å². The molecule has 5 aromatic rings. The first-order valence-corrected chi connectivity index (χ1v) is 23.0. The molecule has 0 spiro atoms. The topological polar surface area (TPSA) is 235 Å². The number of carboxylic acids is 2. The third-order valence-electron chi connectivity index (χ3n) is 13.9. The first-order valence-electron chi connectivity index (χ1n) is 23.0. The molecule has 0 aliphatic rings. The molecule has 74 heavy (non-hydrogen) atoms. The predicted molar refractivity (Wildman–Crippen MR) is 272 cm³/mol. The van der Waals surface area contributed by atoms with E-state index in [1.807, 2.05) is 0 Å². The van der Waals surface area contributed by atoms with Crippen molar-refractivity contribution in [2.24, 2.45) is 0 Å². The zero-order valence-electron chi connectivity index (χ0n) is 45.4. The smallest absolute Gasteiger partial charge is 0.347 e. The molecule has 5 rings (SSSR count). The normalized spacial score (nSPS) is 10.9. The molecule has 2 N–H and O–H groups in total. The highest BCUT2D eigenvalue weighted by Crippen LogP contribution is 2.46. The van der Waals surface area contributed by atoms with Crippen molar-refractivity contribution in [3.8, 4) is 57.5 Å². The summed E-state index contributed by atoms with van der Waals surface area (Å²) in [4.78, 5) is 81.9.